The van der Waals surface area contributed by atoms with Gasteiger partial charge < -0.3 is 14.8 Å². The predicted octanol–water partition coefficient (Wildman–Crippen LogP) is 4.14. The molecule has 1 N–H and O–H groups in total. The minimum atomic E-state index is -0.157. The van der Waals surface area contributed by atoms with Crippen LogP contribution < -0.4 is 14.8 Å². The molecule has 4 rings (SSSR count). The Morgan fingerprint density at radius 3 is 2.45 bits per heavy atom. The van der Waals surface area contributed by atoms with Crippen LogP contribution in [0.3, 0.4) is 0 Å². The Balaban J connectivity index is 1.46. The van der Waals surface area contributed by atoms with E-state index in [2.05, 4.69) is 10.4 Å². The zero-order valence-corrected chi connectivity index (χ0v) is 16.9. The van der Waals surface area contributed by atoms with Gasteiger partial charge in [-0.2, -0.15) is 5.10 Å². The van der Waals surface area contributed by atoms with Gasteiger partial charge in [0.1, 0.15) is 0 Å². The maximum absolute atomic E-state index is 12.7. The number of nitrogens with one attached hydrogen (secondary N) is 1. The normalized spacial score (nSPS) is 14.2. The van der Waals surface area contributed by atoms with E-state index in [1.807, 2.05) is 74.0 Å². The van der Waals surface area contributed by atoms with E-state index in [9.17, 15) is 4.79 Å². The molecule has 0 fully saturated rings. The summed E-state index contributed by atoms with van der Waals surface area (Å²) in [5.41, 5.74) is 4.54. The van der Waals surface area contributed by atoms with Gasteiger partial charge in [-0.05, 0) is 68.8 Å². The third kappa shape index (κ3) is 4.11. The van der Waals surface area contributed by atoms with E-state index < -0.39 is 0 Å². The van der Waals surface area contributed by atoms with Gasteiger partial charge in [-0.1, -0.05) is 6.07 Å². The first kappa shape index (κ1) is 19.1. The highest BCUT2D eigenvalue weighted by Crippen LogP contribution is 2.32. The average Bonchev–Trinajstić information content (AvgIpc) is 2.91. The highest BCUT2D eigenvalue weighted by Gasteiger charge is 2.16. The van der Waals surface area contributed by atoms with Crippen LogP contribution in [0.2, 0.25) is 0 Å². The number of carbonyl (C=O) groups is 1. The molecule has 29 heavy (non-hydrogen) atoms. The van der Waals surface area contributed by atoms with Gasteiger partial charge in [0.25, 0.3) is 5.91 Å². The molecule has 0 saturated heterocycles. The molecule has 1 aromatic heterocycles. The molecule has 0 saturated carbocycles. The molecular weight excluding hydrogens is 366 g/mol. The number of rotatable bonds is 4. The van der Waals surface area contributed by atoms with Gasteiger partial charge in [0.2, 0.25) is 0 Å². The second-order valence-corrected chi connectivity index (χ2v) is 7.34. The Bertz CT molecular complexity index is 1020. The van der Waals surface area contributed by atoms with E-state index in [1.165, 1.54) is 0 Å². The molecule has 2 aromatic carbocycles. The third-order valence-corrected chi connectivity index (χ3v) is 5.00. The molecule has 3 aromatic rings. The lowest BCUT2D eigenvalue weighted by atomic mass is 10.1. The molecular formula is C23H25N3O3. The number of ether oxygens (including phenoxy) is 2. The monoisotopic (exact) mass is 391 g/mol. The van der Waals surface area contributed by atoms with Crippen LogP contribution in [-0.2, 0) is 0 Å². The van der Waals surface area contributed by atoms with Gasteiger partial charge in [0.15, 0.2) is 11.5 Å². The summed E-state index contributed by atoms with van der Waals surface area (Å²) in [5.74, 6) is 1.37. The Morgan fingerprint density at radius 1 is 1.03 bits per heavy atom. The summed E-state index contributed by atoms with van der Waals surface area (Å²) < 4.78 is 13.3. The van der Waals surface area contributed by atoms with E-state index >= 15 is 0 Å². The van der Waals surface area contributed by atoms with Gasteiger partial charge in [-0.3, -0.25) is 4.79 Å². The van der Waals surface area contributed by atoms with Crippen LogP contribution in [0.1, 0.15) is 46.7 Å². The SMILES string of the molecule is Cc1cc(C)n(-c2ccc(C(=O)NC(C)c3ccc4c(c3)OCCCO4)cc2)n1. The van der Waals surface area contributed by atoms with Crippen molar-refractivity contribution in [3.63, 3.8) is 0 Å². The number of fused-ring (bicyclic) bond motifs is 1. The molecule has 2 heterocycles. The number of amides is 1. The second kappa shape index (κ2) is 7.99. The fourth-order valence-corrected chi connectivity index (χ4v) is 3.46. The Morgan fingerprint density at radius 2 is 1.76 bits per heavy atom. The number of hydrogen-bond donors (Lipinski definition) is 1. The standard InChI is InChI=1S/C23H25N3O3/c1-15-13-16(2)26(25-15)20-8-5-18(6-9-20)23(27)24-17(3)19-7-10-21-22(14-19)29-12-4-11-28-21/h5-10,13-14,17H,4,11-12H2,1-3H3,(H,24,27). The van der Waals surface area contributed by atoms with Crippen molar-refractivity contribution in [2.45, 2.75) is 33.2 Å². The van der Waals surface area contributed by atoms with Crippen molar-refractivity contribution < 1.29 is 14.3 Å². The van der Waals surface area contributed by atoms with E-state index in [-0.39, 0.29) is 11.9 Å². The van der Waals surface area contributed by atoms with Crippen LogP contribution in [0.15, 0.2) is 48.5 Å². The van der Waals surface area contributed by atoms with Crippen LogP contribution in [0.25, 0.3) is 5.69 Å². The summed E-state index contributed by atoms with van der Waals surface area (Å²) in [6, 6.07) is 15.1. The summed E-state index contributed by atoms with van der Waals surface area (Å²) in [7, 11) is 0. The van der Waals surface area contributed by atoms with Crippen LogP contribution >= 0.6 is 0 Å². The molecule has 1 amide bonds. The molecule has 150 valence electrons. The first-order valence-corrected chi connectivity index (χ1v) is 9.85. The minimum Gasteiger partial charge on any atom is -0.490 e. The zero-order valence-electron chi connectivity index (χ0n) is 16.9. The third-order valence-electron chi connectivity index (χ3n) is 5.00. The van der Waals surface area contributed by atoms with Crippen molar-refractivity contribution in [2.24, 2.45) is 0 Å². The number of benzene rings is 2. The Kier molecular flexibility index (Phi) is 5.25. The fourth-order valence-electron chi connectivity index (χ4n) is 3.46. The summed E-state index contributed by atoms with van der Waals surface area (Å²) in [6.45, 7) is 7.23. The van der Waals surface area contributed by atoms with Crippen molar-refractivity contribution in [3.8, 4) is 17.2 Å². The topological polar surface area (TPSA) is 65.4 Å². The molecule has 1 aliphatic heterocycles. The highest BCUT2D eigenvalue weighted by atomic mass is 16.5. The van der Waals surface area contributed by atoms with Crippen LogP contribution in [0.4, 0.5) is 0 Å². The number of carbonyl (C=O) groups excluding carboxylic acids is 1. The van der Waals surface area contributed by atoms with Gasteiger partial charge in [-0.15, -0.1) is 0 Å². The number of aryl methyl sites for hydroxylation is 2. The molecule has 6 heteroatoms. The van der Waals surface area contributed by atoms with Gasteiger partial charge in [-0.25, -0.2) is 4.68 Å². The minimum absolute atomic E-state index is 0.121. The predicted molar refractivity (Wildman–Crippen MR) is 111 cm³/mol. The molecule has 1 atom stereocenters. The molecule has 1 unspecified atom stereocenters. The quantitative estimate of drug-likeness (QED) is 0.726. The molecule has 0 bridgehead atoms. The van der Waals surface area contributed by atoms with Crippen LogP contribution in [-0.4, -0.2) is 28.9 Å². The van der Waals surface area contributed by atoms with Crippen LogP contribution in [0.5, 0.6) is 11.5 Å². The first-order chi connectivity index (χ1) is 14.0. The number of aromatic nitrogens is 2. The smallest absolute Gasteiger partial charge is 0.251 e. The fraction of sp³-hybridized carbons (Fsp3) is 0.304. The Hall–Kier alpha value is -3.28. The van der Waals surface area contributed by atoms with Crippen molar-refractivity contribution >= 4 is 5.91 Å². The highest BCUT2D eigenvalue weighted by molar-refractivity contribution is 5.94. The Labute approximate surface area is 170 Å². The lowest BCUT2D eigenvalue weighted by Gasteiger charge is -2.17. The van der Waals surface area contributed by atoms with E-state index in [4.69, 9.17) is 9.47 Å². The molecule has 0 radical (unpaired) electrons. The summed E-state index contributed by atoms with van der Waals surface area (Å²) in [5, 5.41) is 7.53. The second-order valence-electron chi connectivity index (χ2n) is 7.34. The summed E-state index contributed by atoms with van der Waals surface area (Å²) in [4.78, 5) is 12.7. The van der Waals surface area contributed by atoms with Gasteiger partial charge in [0.05, 0.1) is 30.6 Å². The van der Waals surface area contributed by atoms with E-state index in [0.29, 0.717) is 18.8 Å². The van der Waals surface area contributed by atoms with Gasteiger partial charge >= 0.3 is 0 Å². The maximum Gasteiger partial charge on any atom is 0.251 e. The van der Waals surface area contributed by atoms with Crippen molar-refractivity contribution in [1.29, 1.82) is 0 Å². The van der Waals surface area contributed by atoms with Crippen LogP contribution in [0, 0.1) is 13.8 Å². The summed E-state index contributed by atoms with van der Waals surface area (Å²) >= 11 is 0. The average molecular weight is 391 g/mol. The molecule has 0 aliphatic carbocycles. The maximum atomic E-state index is 12.7. The largest absolute Gasteiger partial charge is 0.490 e. The number of nitrogens with zero attached hydrogens (tertiary/aromatic N) is 2. The van der Waals surface area contributed by atoms with Crippen molar-refractivity contribution in [3.05, 3.63) is 71.0 Å². The lowest BCUT2D eigenvalue weighted by molar-refractivity contribution is 0.0940. The van der Waals surface area contributed by atoms with E-state index in [0.717, 1.165) is 40.6 Å². The molecule has 0 spiro atoms. The molecule has 6 nitrogen and oxygen atoms in total. The summed E-state index contributed by atoms with van der Waals surface area (Å²) in [6.07, 6.45) is 0.865. The van der Waals surface area contributed by atoms with Crippen molar-refractivity contribution in [2.75, 3.05) is 13.2 Å². The van der Waals surface area contributed by atoms with Crippen molar-refractivity contribution in [1.82, 2.24) is 15.1 Å². The van der Waals surface area contributed by atoms with E-state index in [1.54, 1.807) is 0 Å². The first-order valence-electron chi connectivity index (χ1n) is 9.85. The lowest BCUT2D eigenvalue weighted by Crippen LogP contribution is -2.26. The van der Waals surface area contributed by atoms with Gasteiger partial charge in [0, 0.05) is 17.7 Å². The molecule has 1 aliphatic rings. The number of hydrogen-bond acceptors (Lipinski definition) is 4. The zero-order chi connectivity index (χ0) is 20.4.